The predicted molar refractivity (Wildman–Crippen MR) is 546 cm³/mol. The molecule has 0 spiro atoms. The van der Waals surface area contributed by atoms with Gasteiger partial charge in [0.05, 0.1) is 89.5 Å². The zero-order valence-corrected chi connectivity index (χ0v) is 86.1. The summed E-state index contributed by atoms with van der Waals surface area (Å²) >= 11 is 14.8. The Morgan fingerprint density at radius 1 is 0.444 bits per heavy atom. The molecule has 144 heavy (non-hydrogen) atoms. The number of allylic oxidation sites excluding steroid dienone is 13. The fraction of sp³-hybridized carbons (Fsp3) is 0.540. The molecule has 16 aliphatic carbocycles. The zero-order chi connectivity index (χ0) is 102. The highest BCUT2D eigenvalue weighted by atomic mass is 35.5. The van der Waals surface area contributed by atoms with Crippen molar-refractivity contribution in [3.63, 3.8) is 0 Å². The van der Waals surface area contributed by atoms with Gasteiger partial charge in [0.25, 0.3) is 5.91 Å². The Kier molecular flexibility index (Phi) is 25.6. The average Bonchev–Trinajstić information content (AvgIpc) is 1.49. The number of rotatable bonds is 14. The summed E-state index contributed by atoms with van der Waals surface area (Å²) < 4.78 is 27.0. The van der Waals surface area contributed by atoms with Crippen molar-refractivity contribution in [1.29, 1.82) is 0 Å². The van der Waals surface area contributed by atoms with E-state index >= 15 is 0 Å². The van der Waals surface area contributed by atoms with Crippen molar-refractivity contribution < 1.29 is 92.9 Å². The topological polar surface area (TPSA) is 423 Å². The van der Waals surface area contributed by atoms with Crippen LogP contribution in [0, 0.1) is 114 Å². The van der Waals surface area contributed by atoms with E-state index in [-0.39, 0.29) is 147 Å². The normalized spacial score (nSPS) is 39.7. The van der Waals surface area contributed by atoms with Crippen LogP contribution in [0.15, 0.2) is 185 Å². The van der Waals surface area contributed by atoms with Crippen LogP contribution in [0.25, 0.3) is 42.4 Å². The molecule has 31 heteroatoms. The number of thiazole rings is 2. The Bertz CT molecular complexity index is 6890. The number of aromatic nitrogens is 6. The molecule has 24 rings (SSSR count). The van der Waals surface area contributed by atoms with Gasteiger partial charge in [-0.2, -0.15) is 0 Å². The number of halogens is 2. The number of carbonyl (C=O) groups is 8. The molecule has 0 radical (unpaired) electrons. The Morgan fingerprint density at radius 3 is 1.38 bits per heavy atom. The maximum absolute atomic E-state index is 13.6. The van der Waals surface area contributed by atoms with E-state index in [1.807, 2.05) is 101 Å². The molecule has 29 atom stereocenters. The highest BCUT2D eigenvalue weighted by Crippen LogP contribution is 2.73. The molecule has 4 heterocycles. The summed E-state index contributed by atoms with van der Waals surface area (Å²) in [6.07, 6.45) is 31.3. The highest BCUT2D eigenvalue weighted by Gasteiger charge is 2.74. The minimum atomic E-state index is -1.63. The number of hydrogen-bond acceptors (Lipinski definition) is 27. The number of aliphatic hydroxyl groups excluding tert-OH is 4. The van der Waals surface area contributed by atoms with Crippen molar-refractivity contribution in [2.45, 2.75) is 248 Å². The number of para-hydroxylation sites is 2. The van der Waals surface area contributed by atoms with Gasteiger partial charge in [0, 0.05) is 72.1 Å². The van der Waals surface area contributed by atoms with Gasteiger partial charge in [-0.05, 0) is 297 Å². The van der Waals surface area contributed by atoms with Gasteiger partial charge in [0.2, 0.25) is 23.3 Å². The standard InChI is InChI=1S/2C29H31ClN2O5.C28H33NO5S2.C27H30N2O4S/c1-27-9-7-18(33)11-16(27)3-5-19-20-8-10-29(36,28(20,2)13-23(34)26(19)27)24(35)15-37-25-14-31-22-12-17(30)4-6-21(22)32-25;1-27-9-7-18(33)11-16(27)3-5-19-21-8-10-29(36,28(21,2)13-23(34)25(19)27)24(35)14-37-26-20-6-4-17(30)12-22(20)31-15-32-26;1-26-11-9-17(30)13-16(26)7-8-18-19-10-12-28(33,27(19,2)14-21(31)24(18)26)23(32)15-36(34)25-29-20-5-3-4-6-22(20)35-25;1-25-11-9-16(30)13-15(25)7-8-17-18-10-12-27(33,26(18,2)14-20(31)22(17)25)23(32)29-24-28-19-5-3-4-6-21(19)34-24/h4,6-7,9,11-12,14,19-20,23,26,34,36H,3,5,8,10,13,15H2,1-2H3;4,6-7,9,11-12,15,19,21,23,25,34,36H,3,5,8,10,13-14H2,1-2H3;3-6,13,18-19,21,24,31,33H,7-12,14-15H2,1-2H3;3-6,9,11,13,17-18,20,22,31,33H,7-8,10,12,14H2,1-2H3,(H,28,29,32)/t19?,20?,23-,26?,27?,28?,29-;19?,21?,23-,25?,27?,28?,29-;18?,19?,21-,24?,26?,27?,28-,36?;17?,18?,20-,22?,25?,26?,27-/m0000/s1. The van der Waals surface area contributed by atoms with Gasteiger partial charge in [-0.15, -0.1) is 11.3 Å². The number of carbonyl (C=O) groups excluding carboxylic acids is 8. The van der Waals surface area contributed by atoms with Crippen LogP contribution < -0.4 is 14.8 Å². The van der Waals surface area contributed by atoms with Gasteiger partial charge < -0.3 is 50.3 Å². The number of benzene rings is 4. The average molecular weight is 2050 g/mol. The lowest BCUT2D eigenvalue weighted by molar-refractivity contribution is -0.179. The molecule has 12 saturated carbocycles. The lowest BCUT2D eigenvalue weighted by Crippen LogP contribution is -2.62. The van der Waals surface area contributed by atoms with Gasteiger partial charge >= 0.3 is 0 Å². The van der Waals surface area contributed by atoms with E-state index in [0.29, 0.717) is 119 Å². The van der Waals surface area contributed by atoms with Crippen LogP contribution in [0.2, 0.25) is 10.0 Å². The second-order valence-corrected chi connectivity index (χ2v) is 50.8. The van der Waals surface area contributed by atoms with Crippen LogP contribution in [0.1, 0.15) is 197 Å². The summed E-state index contributed by atoms with van der Waals surface area (Å²) in [5.41, 5.74) is -2.95. The summed E-state index contributed by atoms with van der Waals surface area (Å²) in [6, 6.07) is 25.6. The van der Waals surface area contributed by atoms with Crippen LogP contribution >= 0.6 is 45.9 Å². The first-order valence-corrected chi connectivity index (χ1v) is 54.8. The minimum absolute atomic E-state index is 0.00136. The maximum Gasteiger partial charge on any atom is 0.258 e. The van der Waals surface area contributed by atoms with Gasteiger partial charge in [-0.3, -0.25) is 47.9 Å². The minimum Gasteiger partial charge on any atom is -0.469 e. The number of Topliss-reactive ketones (excluding diaryl/α,β-unsaturated/α-hetero) is 3. The molecule has 12 fully saturated rings. The first kappa shape index (κ1) is 101. The maximum atomic E-state index is 13.6. The van der Waals surface area contributed by atoms with E-state index in [1.54, 1.807) is 72.9 Å². The van der Waals surface area contributed by atoms with E-state index in [0.717, 1.165) is 101 Å². The van der Waals surface area contributed by atoms with Crippen molar-refractivity contribution in [1.82, 2.24) is 29.9 Å². The summed E-state index contributed by atoms with van der Waals surface area (Å²) in [7, 11) is -1.63. The zero-order valence-electron chi connectivity index (χ0n) is 82.2. The number of anilines is 1. The molecular weight excluding hydrogens is 1930 g/mol. The number of nitrogens with zero attached hydrogens (tertiary/aromatic N) is 6. The summed E-state index contributed by atoms with van der Waals surface area (Å²) in [5.74, 6) is -0.265. The largest absolute Gasteiger partial charge is 0.469 e. The quantitative estimate of drug-likeness (QED) is 0.0488. The molecule has 0 aliphatic heterocycles. The first-order chi connectivity index (χ1) is 68.3. The molecule has 0 bridgehead atoms. The number of amides is 1. The number of fused-ring (bicyclic) bond motifs is 24. The smallest absolute Gasteiger partial charge is 0.258 e. The molecule has 16 aliphatic rings. The Balaban J connectivity index is 0.000000113. The van der Waals surface area contributed by atoms with E-state index in [4.69, 9.17) is 32.7 Å². The van der Waals surface area contributed by atoms with Crippen molar-refractivity contribution in [2.75, 3.05) is 24.3 Å². The third kappa shape index (κ3) is 16.0. The molecule has 9 N–H and O–H groups in total. The van der Waals surface area contributed by atoms with E-state index in [1.165, 1.54) is 40.8 Å². The Morgan fingerprint density at radius 2 is 0.875 bits per heavy atom. The van der Waals surface area contributed by atoms with Crippen LogP contribution in [0.3, 0.4) is 0 Å². The van der Waals surface area contributed by atoms with Gasteiger partial charge in [0.15, 0.2) is 51.6 Å². The summed E-state index contributed by atoms with van der Waals surface area (Å²) in [5, 5.41) is 98.7. The molecule has 4 aromatic carbocycles. The van der Waals surface area contributed by atoms with Crippen LogP contribution in [-0.2, 0) is 49.2 Å². The van der Waals surface area contributed by atoms with Gasteiger partial charge in [-0.25, -0.2) is 29.9 Å². The highest BCUT2D eigenvalue weighted by molar-refractivity contribution is 7.88. The number of ketones is 7. The number of hydrogen-bond donors (Lipinski definition) is 9. The fourth-order valence-corrected chi connectivity index (χ4v) is 36.0. The Labute approximate surface area is 856 Å². The van der Waals surface area contributed by atoms with Crippen LogP contribution in [-0.4, -0.2) is 187 Å². The van der Waals surface area contributed by atoms with Crippen molar-refractivity contribution >= 4 is 151 Å². The van der Waals surface area contributed by atoms with Crippen LogP contribution in [0.5, 0.6) is 11.8 Å². The third-order valence-corrected chi connectivity index (χ3v) is 43.8. The second kappa shape index (κ2) is 36.6. The summed E-state index contributed by atoms with van der Waals surface area (Å²) in [6.45, 7) is 15.8. The van der Waals surface area contributed by atoms with E-state index in [9.17, 15) is 83.4 Å². The van der Waals surface area contributed by atoms with E-state index < -0.39 is 103 Å². The SMILES string of the molecule is CC12C=CC(=O)C=C1CCC1C2[C@@H](O)CC2(C)C1CC[C@]2(O)C(=O)COc1cnc2cc(Cl)ccc2n1.CC12C=CC(=O)C=C1CCC1C2[C@@H](O)CC2(C)C1CC[C@]2(O)C(=O)COc1ncnc2cc(Cl)ccc12.CC12C=CC(=O)C=C1CCC1C2[C@@H](O)CC2(C)C1CC[C@]2(O)C(=O)Nc1nc2ccccc2s1.CC12CCC(=O)C=C1CCC1C2[C@@H](O)CC2(C)C1CC[C@]2(O)C(=O)CS(=O)c1nc2ccccc2s1. The molecule has 4 aromatic heterocycles. The molecule has 21 unspecified atom stereocenters. The molecule has 1 amide bonds. The van der Waals surface area contributed by atoms with Crippen molar-refractivity contribution in [3.05, 3.63) is 191 Å². The fourth-order valence-electron chi connectivity index (χ4n) is 32.5. The molecule has 0 saturated heterocycles. The second-order valence-electron chi connectivity index (χ2n) is 46.2. The number of nitrogens with one attached hydrogen (secondary N) is 1. The molecule has 758 valence electrons. The summed E-state index contributed by atoms with van der Waals surface area (Å²) in [4.78, 5) is 128. The van der Waals surface area contributed by atoms with Crippen molar-refractivity contribution in [3.8, 4) is 11.8 Å². The van der Waals surface area contributed by atoms with Crippen molar-refractivity contribution in [2.24, 2.45) is 114 Å². The number of ether oxygens (including phenoxy) is 2. The predicted octanol–water partition coefficient (Wildman–Crippen LogP) is 16.9. The molecular formula is C113H125Cl2N7O19S3. The first-order valence-electron chi connectivity index (χ1n) is 51.1. The third-order valence-electron chi connectivity index (χ3n) is 39.7. The molecule has 26 nitrogen and oxygen atoms in total. The van der Waals surface area contributed by atoms with Gasteiger partial charge in [-0.1, -0.05) is 155 Å². The van der Waals surface area contributed by atoms with Gasteiger partial charge in [0.1, 0.15) is 28.7 Å². The van der Waals surface area contributed by atoms with E-state index in [2.05, 4.69) is 62.9 Å². The monoisotopic (exact) mass is 2050 g/mol. The lowest BCUT2D eigenvalue weighted by atomic mass is 9.45. The Hall–Kier alpha value is -9.31. The lowest BCUT2D eigenvalue weighted by Gasteiger charge is -2.60. The van der Waals surface area contributed by atoms with Crippen LogP contribution in [0.4, 0.5) is 5.13 Å². The number of aliphatic hydroxyl groups is 8. The molecule has 8 aromatic rings.